The minimum absolute atomic E-state index is 0.0201. The molecule has 0 fully saturated rings. The number of alkyl halides is 1. The summed E-state index contributed by atoms with van der Waals surface area (Å²) >= 11 is 5.56. The van der Waals surface area contributed by atoms with Gasteiger partial charge in [-0.25, -0.2) is 13.1 Å². The van der Waals surface area contributed by atoms with E-state index in [4.69, 9.17) is 16.3 Å². The van der Waals surface area contributed by atoms with E-state index in [0.717, 1.165) is 0 Å². The summed E-state index contributed by atoms with van der Waals surface area (Å²) in [5, 5.41) is 9.87. The average Bonchev–Trinajstić information content (AvgIpc) is 2.23. The van der Waals surface area contributed by atoms with Crippen LogP contribution in [-0.2, 0) is 14.8 Å². The van der Waals surface area contributed by atoms with E-state index in [2.05, 4.69) is 4.72 Å². The number of methoxy groups -OCH3 is 1. The molecular formula is C10H22ClNO4S. The number of hydrogen-bond acceptors (Lipinski definition) is 4. The van der Waals surface area contributed by atoms with Crippen molar-refractivity contribution in [2.45, 2.75) is 25.9 Å². The van der Waals surface area contributed by atoms with E-state index in [-0.39, 0.29) is 18.2 Å². The van der Waals surface area contributed by atoms with Gasteiger partial charge in [-0.15, -0.1) is 11.6 Å². The number of hydrogen-bond donors (Lipinski definition) is 2. The van der Waals surface area contributed by atoms with Crippen LogP contribution in [0.15, 0.2) is 0 Å². The Hall–Kier alpha value is 0.120. The average molecular weight is 288 g/mol. The fraction of sp³-hybridized carbons (Fsp3) is 1.00. The standard InChI is InChI=1S/C10H22ClNO4S/c1-9(6-11)7-17(14,15)12-8-10(2,13)4-5-16-3/h9,12-13H,4-8H2,1-3H3. The molecule has 0 rings (SSSR count). The Labute approximate surface area is 109 Å². The van der Waals surface area contributed by atoms with Crippen molar-refractivity contribution in [3.05, 3.63) is 0 Å². The van der Waals surface area contributed by atoms with E-state index in [1.165, 1.54) is 7.11 Å². The summed E-state index contributed by atoms with van der Waals surface area (Å²) in [6, 6.07) is 0. The van der Waals surface area contributed by atoms with Gasteiger partial charge in [0.1, 0.15) is 0 Å². The molecule has 0 spiro atoms. The quantitative estimate of drug-likeness (QED) is 0.608. The molecule has 0 aliphatic carbocycles. The Morgan fingerprint density at radius 1 is 1.53 bits per heavy atom. The van der Waals surface area contributed by atoms with Crippen LogP contribution >= 0.6 is 11.6 Å². The second-order valence-electron chi connectivity index (χ2n) is 4.60. The van der Waals surface area contributed by atoms with Crippen molar-refractivity contribution < 1.29 is 18.3 Å². The summed E-state index contributed by atoms with van der Waals surface area (Å²) in [5.74, 6) is 0.149. The first-order valence-electron chi connectivity index (χ1n) is 5.47. The molecule has 0 aromatic rings. The third-order valence-electron chi connectivity index (χ3n) is 2.29. The number of ether oxygens (including phenoxy) is 1. The minimum Gasteiger partial charge on any atom is -0.389 e. The van der Waals surface area contributed by atoms with Crippen molar-refractivity contribution in [3.8, 4) is 0 Å². The zero-order chi connectivity index (χ0) is 13.5. The zero-order valence-corrected chi connectivity index (χ0v) is 12.1. The molecule has 0 aromatic carbocycles. The van der Waals surface area contributed by atoms with Gasteiger partial charge >= 0.3 is 0 Å². The van der Waals surface area contributed by atoms with Crippen LogP contribution in [0.2, 0.25) is 0 Å². The molecular weight excluding hydrogens is 266 g/mol. The van der Waals surface area contributed by atoms with Crippen LogP contribution in [-0.4, -0.2) is 51.0 Å². The molecule has 104 valence electrons. The van der Waals surface area contributed by atoms with Crippen molar-refractivity contribution in [1.29, 1.82) is 0 Å². The predicted molar refractivity (Wildman–Crippen MR) is 68.8 cm³/mol. The van der Waals surface area contributed by atoms with Gasteiger partial charge in [-0.3, -0.25) is 0 Å². The molecule has 0 bridgehead atoms. The highest BCUT2D eigenvalue weighted by Gasteiger charge is 2.23. The summed E-state index contributed by atoms with van der Waals surface area (Å²) in [6.07, 6.45) is 0.372. The van der Waals surface area contributed by atoms with Gasteiger partial charge in [0.05, 0.1) is 11.4 Å². The largest absolute Gasteiger partial charge is 0.389 e. The third kappa shape index (κ3) is 8.79. The number of rotatable bonds is 9. The second-order valence-corrected chi connectivity index (χ2v) is 6.76. The maximum Gasteiger partial charge on any atom is 0.211 e. The normalized spacial score (nSPS) is 17.7. The van der Waals surface area contributed by atoms with Gasteiger partial charge in [-0.1, -0.05) is 6.92 Å². The Kier molecular flexibility index (Phi) is 7.58. The Morgan fingerprint density at radius 2 is 2.12 bits per heavy atom. The first-order valence-corrected chi connectivity index (χ1v) is 7.66. The van der Waals surface area contributed by atoms with Crippen molar-refractivity contribution >= 4 is 21.6 Å². The van der Waals surface area contributed by atoms with Gasteiger partial charge in [-0.05, 0) is 12.8 Å². The lowest BCUT2D eigenvalue weighted by Gasteiger charge is -2.23. The molecule has 0 radical (unpaired) electrons. The molecule has 7 heteroatoms. The van der Waals surface area contributed by atoms with Crippen LogP contribution in [0.25, 0.3) is 0 Å². The van der Waals surface area contributed by atoms with E-state index in [1.54, 1.807) is 13.8 Å². The molecule has 2 unspecified atom stereocenters. The van der Waals surface area contributed by atoms with Gasteiger partial charge in [0.25, 0.3) is 0 Å². The molecule has 2 N–H and O–H groups in total. The fourth-order valence-electron chi connectivity index (χ4n) is 1.15. The lowest BCUT2D eigenvalue weighted by atomic mass is 10.0. The maximum atomic E-state index is 11.6. The second kappa shape index (κ2) is 7.53. The van der Waals surface area contributed by atoms with Gasteiger partial charge in [0, 0.05) is 32.6 Å². The van der Waals surface area contributed by atoms with E-state index in [0.29, 0.717) is 18.9 Å². The Balaban J connectivity index is 4.16. The fourth-order valence-corrected chi connectivity index (χ4v) is 2.91. The molecule has 0 aliphatic rings. The van der Waals surface area contributed by atoms with Crippen molar-refractivity contribution in [2.75, 3.05) is 31.9 Å². The van der Waals surface area contributed by atoms with Crippen molar-refractivity contribution in [1.82, 2.24) is 4.72 Å². The molecule has 0 saturated heterocycles. The van der Waals surface area contributed by atoms with E-state index in [9.17, 15) is 13.5 Å². The van der Waals surface area contributed by atoms with Crippen LogP contribution in [0.3, 0.4) is 0 Å². The van der Waals surface area contributed by atoms with Crippen LogP contribution in [0.1, 0.15) is 20.3 Å². The van der Waals surface area contributed by atoms with Crippen molar-refractivity contribution in [3.63, 3.8) is 0 Å². The predicted octanol–water partition coefficient (Wildman–Crippen LogP) is 0.568. The number of sulfonamides is 1. The van der Waals surface area contributed by atoms with Crippen LogP contribution in [0, 0.1) is 5.92 Å². The molecule has 5 nitrogen and oxygen atoms in total. The lowest BCUT2D eigenvalue weighted by Crippen LogP contribution is -2.42. The number of aliphatic hydroxyl groups is 1. The third-order valence-corrected chi connectivity index (χ3v) is 4.40. The summed E-state index contributed by atoms with van der Waals surface area (Å²) in [7, 11) is -1.86. The van der Waals surface area contributed by atoms with Crippen molar-refractivity contribution in [2.24, 2.45) is 5.92 Å². The van der Waals surface area contributed by atoms with Crippen LogP contribution < -0.4 is 4.72 Å². The number of nitrogens with one attached hydrogen (secondary N) is 1. The van der Waals surface area contributed by atoms with E-state index in [1.807, 2.05) is 0 Å². The summed E-state index contributed by atoms with van der Waals surface area (Å²) in [5.41, 5.74) is -1.10. The number of halogens is 1. The van der Waals surface area contributed by atoms with Gasteiger partial charge in [0.15, 0.2) is 0 Å². The minimum atomic E-state index is -3.39. The summed E-state index contributed by atoms with van der Waals surface area (Å²) in [6.45, 7) is 3.69. The molecule has 2 atom stereocenters. The van der Waals surface area contributed by atoms with Gasteiger partial charge < -0.3 is 9.84 Å². The summed E-state index contributed by atoms with van der Waals surface area (Å²) in [4.78, 5) is 0. The van der Waals surface area contributed by atoms with E-state index < -0.39 is 15.6 Å². The van der Waals surface area contributed by atoms with E-state index >= 15 is 0 Å². The van der Waals surface area contributed by atoms with Crippen LogP contribution in [0.5, 0.6) is 0 Å². The molecule has 17 heavy (non-hydrogen) atoms. The highest BCUT2D eigenvalue weighted by atomic mass is 35.5. The topological polar surface area (TPSA) is 75.6 Å². The first kappa shape index (κ1) is 17.1. The van der Waals surface area contributed by atoms with Crippen LogP contribution in [0.4, 0.5) is 0 Å². The first-order chi connectivity index (χ1) is 7.72. The van der Waals surface area contributed by atoms with Gasteiger partial charge in [0.2, 0.25) is 10.0 Å². The molecule has 0 aliphatic heterocycles. The lowest BCUT2D eigenvalue weighted by molar-refractivity contribution is 0.0292. The molecule has 0 saturated carbocycles. The molecule has 0 heterocycles. The van der Waals surface area contributed by atoms with Gasteiger partial charge in [-0.2, -0.15) is 0 Å². The SMILES string of the molecule is COCCC(C)(O)CNS(=O)(=O)CC(C)CCl. The molecule has 0 aromatic heterocycles. The molecule has 0 amide bonds. The highest BCUT2D eigenvalue weighted by Crippen LogP contribution is 2.09. The zero-order valence-electron chi connectivity index (χ0n) is 10.6. The highest BCUT2D eigenvalue weighted by molar-refractivity contribution is 7.89. The maximum absolute atomic E-state index is 11.6. The Morgan fingerprint density at radius 3 is 2.59 bits per heavy atom. The smallest absolute Gasteiger partial charge is 0.211 e. The monoisotopic (exact) mass is 287 g/mol. The summed E-state index contributed by atoms with van der Waals surface area (Å²) < 4.78 is 30.4. The Bertz CT molecular complexity index is 305.